The van der Waals surface area contributed by atoms with Gasteiger partial charge in [-0.1, -0.05) is 31.7 Å². The molecule has 1 aliphatic carbocycles. The van der Waals surface area contributed by atoms with Crippen molar-refractivity contribution in [2.45, 2.75) is 39.2 Å². The van der Waals surface area contributed by atoms with Crippen LogP contribution in [0.15, 0.2) is 55.0 Å². The van der Waals surface area contributed by atoms with Crippen LogP contribution in [0.2, 0.25) is 0 Å². The molecule has 0 amide bonds. The Morgan fingerprint density at radius 2 is 2.20 bits per heavy atom. The van der Waals surface area contributed by atoms with Crippen LogP contribution in [0.3, 0.4) is 0 Å². The van der Waals surface area contributed by atoms with Gasteiger partial charge in [0.2, 0.25) is 0 Å². The highest BCUT2D eigenvalue weighted by Crippen LogP contribution is 2.41. The lowest BCUT2D eigenvalue weighted by molar-refractivity contribution is 0.214. The Morgan fingerprint density at radius 1 is 1.37 bits per heavy atom. The van der Waals surface area contributed by atoms with E-state index in [1.54, 1.807) is 18.6 Å². The van der Waals surface area contributed by atoms with Gasteiger partial charge in [-0.25, -0.2) is 4.98 Å². The molecule has 3 atom stereocenters. The first-order valence-corrected chi connectivity index (χ1v) is 15.7. The zero-order valence-electron chi connectivity index (χ0n) is 20.5. The number of nitrogens with one attached hydrogen (secondary N) is 2. The van der Waals surface area contributed by atoms with Gasteiger partial charge < -0.3 is 25.0 Å². The monoisotopic (exact) mass is 608 g/mol. The Hall–Kier alpha value is -2.00. The average Bonchev–Trinajstić information content (AvgIpc) is 3.07. The van der Waals surface area contributed by atoms with Gasteiger partial charge in [-0.05, 0) is 71.3 Å². The SMILES string of the molecule is C=C(NC)c1c(NCCCOPI)ncc(Oc2cncc(C)c2)c1C(O)C1=CCCC(C)C=C1. The summed E-state index contributed by atoms with van der Waals surface area (Å²) in [6, 6.07) is 1.90. The highest BCUT2D eigenvalue weighted by atomic mass is 127. The normalized spacial score (nSPS) is 16.6. The van der Waals surface area contributed by atoms with Gasteiger partial charge in [-0.15, -0.1) is 0 Å². The molecule has 0 spiro atoms. The molecule has 0 bridgehead atoms. The zero-order valence-corrected chi connectivity index (χ0v) is 23.6. The molecule has 35 heavy (non-hydrogen) atoms. The van der Waals surface area contributed by atoms with E-state index in [1.807, 2.05) is 26.1 Å². The first kappa shape index (κ1) is 27.6. The standard InChI is InChI=1S/C26H34IN4O3P/c1-17-7-5-8-20(10-9-17)25(32)24-22(34-21-13-18(2)14-29-15-21)16-31-26(23(24)19(3)28-4)30-11-6-12-33-35-27/h8-10,13-17,25,28,32,35H,3,5-7,11-12H2,1-2,4H3,(H,30,31). The van der Waals surface area contributed by atoms with Crippen LogP contribution in [0.5, 0.6) is 11.5 Å². The van der Waals surface area contributed by atoms with Crippen molar-refractivity contribution >= 4 is 40.0 Å². The lowest BCUT2D eigenvalue weighted by atomic mass is 9.94. The number of halogens is 1. The van der Waals surface area contributed by atoms with Gasteiger partial charge in [0, 0.05) is 36.6 Å². The van der Waals surface area contributed by atoms with Crippen LogP contribution >= 0.6 is 28.5 Å². The Balaban J connectivity index is 2.07. The number of aromatic nitrogens is 2. The summed E-state index contributed by atoms with van der Waals surface area (Å²) in [6.45, 7) is 10.1. The number of allylic oxidation sites excluding steroid dienone is 2. The van der Waals surface area contributed by atoms with Crippen LogP contribution in [0.25, 0.3) is 5.70 Å². The van der Waals surface area contributed by atoms with Gasteiger partial charge in [0.15, 0.2) is 5.75 Å². The maximum atomic E-state index is 11.7. The van der Waals surface area contributed by atoms with Crippen molar-refractivity contribution in [3.63, 3.8) is 0 Å². The maximum Gasteiger partial charge on any atom is 0.152 e. The van der Waals surface area contributed by atoms with Crippen molar-refractivity contribution < 1.29 is 14.4 Å². The molecule has 0 aliphatic heterocycles. The third kappa shape index (κ3) is 7.74. The third-order valence-electron chi connectivity index (χ3n) is 5.74. The molecule has 0 radical (unpaired) electrons. The van der Waals surface area contributed by atoms with Crippen LogP contribution in [0.4, 0.5) is 5.82 Å². The van der Waals surface area contributed by atoms with Crippen LogP contribution in [-0.2, 0) is 4.52 Å². The molecular weight excluding hydrogens is 574 g/mol. The Bertz CT molecular complexity index is 1080. The number of nitrogens with zero attached hydrogens (tertiary/aromatic N) is 2. The molecule has 2 aromatic heterocycles. The molecule has 0 aromatic carbocycles. The quantitative estimate of drug-likeness (QED) is 0.145. The summed E-state index contributed by atoms with van der Waals surface area (Å²) in [5, 5.41) is 18.2. The smallest absolute Gasteiger partial charge is 0.152 e. The van der Waals surface area contributed by atoms with Crippen molar-refractivity contribution in [3.8, 4) is 11.5 Å². The van der Waals surface area contributed by atoms with E-state index in [1.165, 1.54) is 0 Å². The average molecular weight is 608 g/mol. The minimum Gasteiger partial charge on any atom is -0.454 e. The number of hydrogen-bond donors (Lipinski definition) is 3. The van der Waals surface area contributed by atoms with Gasteiger partial charge in [-0.3, -0.25) is 4.98 Å². The lowest BCUT2D eigenvalue weighted by Crippen LogP contribution is -2.16. The third-order valence-corrected chi connectivity index (χ3v) is 6.99. The number of anilines is 1. The van der Waals surface area contributed by atoms with Gasteiger partial charge >= 0.3 is 0 Å². The molecule has 1 aliphatic rings. The Kier molecular flexibility index (Phi) is 11.0. The molecule has 0 fully saturated rings. The molecule has 3 unspecified atom stereocenters. The number of pyridine rings is 2. The maximum absolute atomic E-state index is 11.7. The first-order valence-electron chi connectivity index (χ1n) is 11.7. The topological polar surface area (TPSA) is 88.5 Å². The molecule has 0 saturated carbocycles. The Labute approximate surface area is 222 Å². The lowest BCUT2D eigenvalue weighted by Gasteiger charge is -2.24. The summed E-state index contributed by atoms with van der Waals surface area (Å²) < 4.78 is 11.7. The summed E-state index contributed by atoms with van der Waals surface area (Å²) in [7, 11) is 1.81. The van der Waals surface area contributed by atoms with E-state index in [-0.39, 0.29) is 0 Å². The molecule has 188 valence electrons. The number of aryl methyl sites for hydroxylation is 1. The Morgan fingerprint density at radius 3 is 2.94 bits per heavy atom. The summed E-state index contributed by atoms with van der Waals surface area (Å²) in [4.78, 5) is 8.89. The number of ether oxygens (including phenoxy) is 1. The summed E-state index contributed by atoms with van der Waals surface area (Å²) >= 11 is 2.22. The highest BCUT2D eigenvalue weighted by molar-refractivity contribution is 14.2. The minimum atomic E-state index is -0.920. The van der Waals surface area contributed by atoms with E-state index in [4.69, 9.17) is 9.26 Å². The van der Waals surface area contributed by atoms with Crippen molar-refractivity contribution in [1.82, 2.24) is 15.3 Å². The van der Waals surface area contributed by atoms with E-state index >= 15 is 0 Å². The van der Waals surface area contributed by atoms with E-state index in [0.29, 0.717) is 59.7 Å². The summed E-state index contributed by atoms with van der Waals surface area (Å²) in [6.07, 6.45) is 13.2. The van der Waals surface area contributed by atoms with E-state index in [2.05, 4.69) is 68.3 Å². The summed E-state index contributed by atoms with van der Waals surface area (Å²) in [5.74, 6) is 2.13. The molecule has 3 rings (SSSR count). The van der Waals surface area contributed by atoms with Crippen molar-refractivity contribution in [1.29, 1.82) is 0 Å². The predicted molar refractivity (Wildman–Crippen MR) is 153 cm³/mol. The van der Waals surface area contributed by atoms with E-state index in [9.17, 15) is 5.11 Å². The highest BCUT2D eigenvalue weighted by Gasteiger charge is 2.26. The molecule has 0 saturated heterocycles. The first-order chi connectivity index (χ1) is 16.9. The predicted octanol–water partition coefficient (Wildman–Crippen LogP) is 6.48. The molecule has 9 heteroatoms. The summed E-state index contributed by atoms with van der Waals surface area (Å²) in [5.41, 5.74) is 3.76. The largest absolute Gasteiger partial charge is 0.454 e. The van der Waals surface area contributed by atoms with Crippen LogP contribution in [-0.4, -0.2) is 35.3 Å². The molecule has 3 N–H and O–H groups in total. The zero-order chi connectivity index (χ0) is 25.2. The number of aliphatic hydroxyl groups excluding tert-OH is 1. The number of hydrogen-bond acceptors (Lipinski definition) is 7. The fraction of sp³-hybridized carbons (Fsp3) is 0.385. The fourth-order valence-electron chi connectivity index (χ4n) is 3.85. The molecule has 2 heterocycles. The molecular formula is C26H34IN4O3P. The van der Waals surface area contributed by atoms with Crippen LogP contribution < -0.4 is 15.4 Å². The number of rotatable bonds is 12. The number of aliphatic hydroxyl groups is 1. The minimum absolute atomic E-state index is 0.442. The second kappa shape index (κ2) is 13.9. The van der Waals surface area contributed by atoms with Crippen molar-refractivity contribution in [2.75, 3.05) is 25.5 Å². The fourth-order valence-corrected chi connectivity index (χ4v) is 4.73. The van der Waals surface area contributed by atoms with Gasteiger partial charge in [0.1, 0.15) is 17.7 Å². The van der Waals surface area contributed by atoms with Crippen molar-refractivity contribution in [2.24, 2.45) is 5.92 Å². The van der Waals surface area contributed by atoms with E-state index < -0.39 is 6.10 Å². The molecule has 2 aromatic rings. The van der Waals surface area contributed by atoms with Gasteiger partial charge in [-0.2, -0.15) is 0 Å². The van der Waals surface area contributed by atoms with Crippen LogP contribution in [0.1, 0.15) is 49.0 Å². The van der Waals surface area contributed by atoms with Crippen molar-refractivity contribution in [3.05, 3.63) is 71.7 Å². The second-order valence-electron chi connectivity index (χ2n) is 8.51. The van der Waals surface area contributed by atoms with Gasteiger partial charge in [0.25, 0.3) is 0 Å². The van der Waals surface area contributed by atoms with E-state index in [0.717, 1.165) is 30.4 Å². The van der Waals surface area contributed by atoms with Crippen LogP contribution in [0, 0.1) is 12.8 Å². The van der Waals surface area contributed by atoms with Gasteiger partial charge in [0.05, 0.1) is 25.5 Å². The molecule has 7 nitrogen and oxygen atoms in total. The second-order valence-corrected chi connectivity index (χ2v) is 10.3.